The molecule has 30 heavy (non-hydrogen) atoms. The fraction of sp³-hybridized carbons (Fsp3) is 0.542. The number of pyridine rings is 1. The van der Waals surface area contributed by atoms with Crippen LogP contribution in [0.25, 0.3) is 0 Å². The molecule has 2 N–H and O–H groups in total. The Morgan fingerprint density at radius 1 is 1.07 bits per heavy atom. The van der Waals surface area contributed by atoms with Gasteiger partial charge >= 0.3 is 0 Å². The molecular weight excluding hydrogens is 377 g/mol. The lowest BCUT2D eigenvalue weighted by molar-refractivity contribution is 0.159. The van der Waals surface area contributed by atoms with Crippen LogP contribution in [0.15, 0.2) is 36.5 Å². The minimum absolute atomic E-state index is 0.207. The third-order valence-electron chi connectivity index (χ3n) is 7.21. The molecule has 1 aromatic heterocycles. The number of nitrogens with zero attached hydrogens (tertiary/aromatic N) is 4. The topological polar surface area (TPSA) is 48.6 Å². The van der Waals surface area contributed by atoms with Crippen LogP contribution in [0, 0.1) is 17.7 Å². The summed E-state index contributed by atoms with van der Waals surface area (Å²) in [5.74, 6) is 2.49. The van der Waals surface area contributed by atoms with Gasteiger partial charge in [0.2, 0.25) is 0 Å². The van der Waals surface area contributed by atoms with Crippen molar-refractivity contribution in [3.8, 4) is 0 Å². The lowest BCUT2D eigenvalue weighted by Crippen LogP contribution is -2.49. The number of benzene rings is 1. The maximum atomic E-state index is 14.0. The van der Waals surface area contributed by atoms with Crippen LogP contribution in [0.2, 0.25) is 0 Å². The van der Waals surface area contributed by atoms with Crippen molar-refractivity contribution >= 4 is 22.9 Å². The van der Waals surface area contributed by atoms with Crippen LogP contribution in [-0.4, -0.2) is 43.7 Å². The van der Waals surface area contributed by atoms with Crippen molar-refractivity contribution in [2.45, 2.75) is 38.6 Å². The van der Waals surface area contributed by atoms with Crippen LogP contribution in [0.1, 0.15) is 32.6 Å². The Hall–Kier alpha value is -2.50. The van der Waals surface area contributed by atoms with Crippen LogP contribution < -0.4 is 20.4 Å². The van der Waals surface area contributed by atoms with Gasteiger partial charge in [0.25, 0.3) is 0 Å². The number of hydrogen-bond donors (Lipinski definition) is 1. The van der Waals surface area contributed by atoms with E-state index in [4.69, 9.17) is 10.7 Å². The normalized spacial score (nSPS) is 25.7. The minimum Gasteiger partial charge on any atom is -0.396 e. The summed E-state index contributed by atoms with van der Waals surface area (Å²) in [5.41, 5.74) is 8.09. The van der Waals surface area contributed by atoms with Crippen LogP contribution in [0.5, 0.6) is 0 Å². The number of piperidine rings is 3. The quantitative estimate of drug-likeness (QED) is 0.752. The molecule has 4 aliphatic rings. The molecule has 1 aromatic carbocycles. The number of rotatable bonds is 5. The standard InChI is InChI=1S/C24H32FN5/c1-2-30(21-4-3-9-28(16-21)19-5-6-23(26)22(25)12-19)24-13-20(7-8-27-24)29-14-17-10-18(11-17)15-29/h5-8,12-13,17-18,21H,2-4,9-11,14-16,26H2,1H3/t17?,18?,21-/m0/s1. The number of nitrogens with two attached hydrogens (primary N) is 1. The SMILES string of the molecule is CCN(c1cc(N2CC3CC(C3)C2)ccn1)[C@H]1CCCN(c2ccc(N)c(F)c2)C1. The van der Waals surface area contributed by atoms with E-state index in [9.17, 15) is 4.39 Å². The summed E-state index contributed by atoms with van der Waals surface area (Å²) >= 11 is 0. The molecule has 0 spiro atoms. The zero-order chi connectivity index (χ0) is 20.7. The molecule has 4 heterocycles. The fourth-order valence-corrected chi connectivity index (χ4v) is 5.61. The van der Waals surface area contributed by atoms with Gasteiger partial charge in [0, 0.05) is 62.4 Å². The van der Waals surface area contributed by atoms with Crippen molar-refractivity contribution in [1.82, 2.24) is 4.98 Å². The van der Waals surface area contributed by atoms with Crippen molar-refractivity contribution in [3.05, 3.63) is 42.3 Å². The average molecular weight is 410 g/mol. The van der Waals surface area contributed by atoms with Crippen LogP contribution >= 0.6 is 0 Å². The van der Waals surface area contributed by atoms with Gasteiger partial charge in [0.15, 0.2) is 0 Å². The molecular formula is C24H32FN5. The van der Waals surface area contributed by atoms with Gasteiger partial charge in [-0.3, -0.25) is 0 Å². The molecule has 2 bridgehead atoms. The van der Waals surface area contributed by atoms with E-state index in [1.54, 1.807) is 12.1 Å². The zero-order valence-corrected chi connectivity index (χ0v) is 17.8. The fourth-order valence-electron chi connectivity index (χ4n) is 5.61. The number of likely N-dealkylation sites (N-methyl/N-ethyl adjacent to an activating group) is 1. The summed E-state index contributed by atoms with van der Waals surface area (Å²) < 4.78 is 14.0. The molecule has 0 amide bonds. The number of hydrogen-bond acceptors (Lipinski definition) is 5. The first-order chi connectivity index (χ1) is 14.6. The van der Waals surface area contributed by atoms with Crippen molar-refractivity contribution in [3.63, 3.8) is 0 Å². The Morgan fingerprint density at radius 3 is 2.57 bits per heavy atom. The summed E-state index contributed by atoms with van der Waals surface area (Å²) in [6.45, 7) is 7.30. The van der Waals surface area contributed by atoms with Crippen molar-refractivity contribution < 1.29 is 4.39 Å². The predicted octanol–water partition coefficient (Wildman–Crippen LogP) is 4.14. The second-order valence-corrected chi connectivity index (χ2v) is 9.21. The molecule has 2 aromatic rings. The Morgan fingerprint density at radius 2 is 1.83 bits per heavy atom. The van der Waals surface area contributed by atoms with E-state index in [0.29, 0.717) is 6.04 Å². The maximum Gasteiger partial charge on any atom is 0.148 e. The first kappa shape index (κ1) is 19.5. The van der Waals surface area contributed by atoms with Gasteiger partial charge in [0.05, 0.1) is 5.69 Å². The molecule has 3 saturated heterocycles. The van der Waals surface area contributed by atoms with Crippen molar-refractivity contribution in [2.75, 3.05) is 53.2 Å². The molecule has 4 fully saturated rings. The summed E-state index contributed by atoms with van der Waals surface area (Å²) in [4.78, 5) is 12.0. The third-order valence-corrected chi connectivity index (χ3v) is 7.21. The van der Waals surface area contributed by atoms with E-state index < -0.39 is 0 Å². The zero-order valence-electron chi connectivity index (χ0n) is 17.8. The van der Waals surface area contributed by atoms with E-state index >= 15 is 0 Å². The monoisotopic (exact) mass is 409 g/mol. The Balaban J connectivity index is 1.33. The Labute approximate surface area is 178 Å². The van der Waals surface area contributed by atoms with Gasteiger partial charge in [-0.15, -0.1) is 0 Å². The minimum atomic E-state index is -0.337. The van der Waals surface area contributed by atoms with Gasteiger partial charge in [-0.05, 0) is 68.7 Å². The molecule has 3 aliphatic heterocycles. The second kappa shape index (κ2) is 7.97. The number of fused-ring (bicyclic) bond motifs is 2. The lowest BCUT2D eigenvalue weighted by atomic mass is 9.71. The van der Waals surface area contributed by atoms with E-state index in [1.807, 2.05) is 12.3 Å². The molecule has 6 heteroatoms. The van der Waals surface area contributed by atoms with Gasteiger partial charge < -0.3 is 20.4 Å². The molecule has 0 radical (unpaired) electrons. The highest BCUT2D eigenvalue weighted by molar-refractivity contribution is 5.58. The largest absolute Gasteiger partial charge is 0.396 e. The molecule has 1 saturated carbocycles. The number of halogens is 1. The first-order valence-electron chi connectivity index (χ1n) is 11.4. The molecule has 6 rings (SSSR count). The highest BCUT2D eigenvalue weighted by atomic mass is 19.1. The molecule has 1 atom stereocenters. The smallest absolute Gasteiger partial charge is 0.148 e. The predicted molar refractivity (Wildman–Crippen MR) is 122 cm³/mol. The van der Waals surface area contributed by atoms with Gasteiger partial charge in [0.1, 0.15) is 11.6 Å². The molecule has 5 nitrogen and oxygen atoms in total. The highest BCUT2D eigenvalue weighted by Crippen LogP contribution is 2.41. The van der Waals surface area contributed by atoms with E-state index in [1.165, 1.54) is 31.6 Å². The number of aromatic nitrogens is 1. The van der Waals surface area contributed by atoms with E-state index in [0.717, 1.165) is 55.8 Å². The third kappa shape index (κ3) is 3.68. The maximum absolute atomic E-state index is 14.0. The van der Waals surface area contributed by atoms with Gasteiger partial charge in [-0.25, -0.2) is 9.37 Å². The summed E-state index contributed by atoms with van der Waals surface area (Å²) in [6, 6.07) is 9.95. The van der Waals surface area contributed by atoms with E-state index in [-0.39, 0.29) is 11.5 Å². The lowest BCUT2D eigenvalue weighted by Gasteiger charge is -2.48. The van der Waals surface area contributed by atoms with Gasteiger partial charge in [-0.2, -0.15) is 0 Å². The van der Waals surface area contributed by atoms with Crippen LogP contribution in [0.3, 0.4) is 0 Å². The van der Waals surface area contributed by atoms with Crippen LogP contribution in [0.4, 0.5) is 27.3 Å². The highest BCUT2D eigenvalue weighted by Gasteiger charge is 2.37. The van der Waals surface area contributed by atoms with Crippen molar-refractivity contribution in [1.29, 1.82) is 0 Å². The average Bonchev–Trinajstić information content (AvgIpc) is 2.76. The molecule has 0 unspecified atom stereocenters. The summed E-state index contributed by atoms with van der Waals surface area (Å²) in [5, 5.41) is 0. The molecule has 1 aliphatic carbocycles. The Bertz CT molecular complexity index is 887. The summed E-state index contributed by atoms with van der Waals surface area (Å²) in [6.07, 6.45) is 7.01. The van der Waals surface area contributed by atoms with Crippen LogP contribution in [-0.2, 0) is 0 Å². The summed E-state index contributed by atoms with van der Waals surface area (Å²) in [7, 11) is 0. The Kier molecular flexibility index (Phi) is 5.17. The number of nitrogen functional groups attached to an aromatic ring is 1. The van der Waals surface area contributed by atoms with Gasteiger partial charge in [-0.1, -0.05) is 0 Å². The van der Waals surface area contributed by atoms with Crippen molar-refractivity contribution in [2.24, 2.45) is 11.8 Å². The second-order valence-electron chi connectivity index (χ2n) is 9.21. The first-order valence-corrected chi connectivity index (χ1v) is 11.4. The van der Waals surface area contributed by atoms with E-state index in [2.05, 4.69) is 33.8 Å². The number of anilines is 4. The molecule has 160 valence electrons.